The molecule has 2 amide bonds. The van der Waals surface area contributed by atoms with E-state index in [1.165, 1.54) is 7.11 Å². The molecule has 2 aromatic carbocycles. The molecule has 2 unspecified atom stereocenters. The number of rotatable bonds is 12. The SMILES string of the molecule is CCCC(CC(=O)O)NC(=O)C(CCOC)NC(=O)OCC1c2ccccc2-c2ccccc21. The van der Waals surface area contributed by atoms with Gasteiger partial charge in [-0.1, -0.05) is 61.9 Å². The normalized spacial score (nSPS) is 13.9. The highest BCUT2D eigenvalue weighted by molar-refractivity contribution is 5.86. The zero-order chi connectivity index (χ0) is 24.5. The van der Waals surface area contributed by atoms with Gasteiger partial charge < -0.3 is 25.2 Å². The number of hydrogen-bond acceptors (Lipinski definition) is 5. The summed E-state index contributed by atoms with van der Waals surface area (Å²) in [5.74, 6) is -1.53. The Kier molecular flexibility index (Phi) is 9.04. The van der Waals surface area contributed by atoms with Gasteiger partial charge in [-0.2, -0.15) is 0 Å². The number of carboxylic acids is 1. The molecule has 3 N–H and O–H groups in total. The minimum Gasteiger partial charge on any atom is -0.481 e. The number of carbonyl (C=O) groups is 3. The lowest BCUT2D eigenvalue weighted by molar-refractivity contribution is -0.137. The Hall–Kier alpha value is -3.39. The van der Waals surface area contributed by atoms with Gasteiger partial charge in [-0.3, -0.25) is 9.59 Å². The number of carboxylic acid groups (broad SMARTS) is 1. The molecule has 0 radical (unpaired) electrons. The van der Waals surface area contributed by atoms with E-state index in [4.69, 9.17) is 14.6 Å². The van der Waals surface area contributed by atoms with Gasteiger partial charge in [0, 0.05) is 32.1 Å². The summed E-state index contributed by atoms with van der Waals surface area (Å²) in [6, 6.07) is 14.7. The topological polar surface area (TPSA) is 114 Å². The molecule has 34 heavy (non-hydrogen) atoms. The first-order chi connectivity index (χ1) is 16.4. The largest absolute Gasteiger partial charge is 0.481 e. The van der Waals surface area contributed by atoms with Crippen molar-refractivity contribution in [2.75, 3.05) is 20.3 Å². The van der Waals surface area contributed by atoms with E-state index >= 15 is 0 Å². The second-order valence-electron chi connectivity index (χ2n) is 8.40. The van der Waals surface area contributed by atoms with Crippen molar-refractivity contribution < 1.29 is 29.0 Å². The number of alkyl carbamates (subject to hydrolysis) is 1. The van der Waals surface area contributed by atoms with Crippen LogP contribution in [0.1, 0.15) is 49.7 Å². The molecule has 3 rings (SSSR count). The number of fused-ring (bicyclic) bond motifs is 3. The van der Waals surface area contributed by atoms with Crippen molar-refractivity contribution in [2.45, 2.75) is 50.6 Å². The Balaban J connectivity index is 1.64. The molecule has 0 bridgehead atoms. The molecule has 8 nitrogen and oxygen atoms in total. The van der Waals surface area contributed by atoms with Crippen LogP contribution in [0, 0.1) is 0 Å². The lowest BCUT2D eigenvalue weighted by atomic mass is 9.98. The average Bonchev–Trinajstić information content (AvgIpc) is 3.14. The Morgan fingerprint density at radius 3 is 2.15 bits per heavy atom. The molecule has 0 aromatic heterocycles. The molecular formula is C26H32N2O6. The molecule has 2 aromatic rings. The summed E-state index contributed by atoms with van der Waals surface area (Å²) >= 11 is 0. The number of aliphatic carboxylic acids is 1. The molecule has 0 aliphatic heterocycles. The van der Waals surface area contributed by atoms with E-state index in [2.05, 4.69) is 22.8 Å². The van der Waals surface area contributed by atoms with Crippen molar-refractivity contribution in [3.05, 3.63) is 59.7 Å². The van der Waals surface area contributed by atoms with Gasteiger partial charge in [-0.15, -0.1) is 0 Å². The van der Waals surface area contributed by atoms with Gasteiger partial charge in [0.1, 0.15) is 12.6 Å². The van der Waals surface area contributed by atoms with Crippen LogP contribution in [0.4, 0.5) is 4.79 Å². The Morgan fingerprint density at radius 1 is 0.971 bits per heavy atom. The second kappa shape index (κ2) is 12.2. The molecule has 1 aliphatic carbocycles. The molecule has 0 saturated heterocycles. The first-order valence-corrected chi connectivity index (χ1v) is 11.6. The third-order valence-corrected chi connectivity index (χ3v) is 5.97. The predicted octanol–water partition coefficient (Wildman–Crippen LogP) is 3.69. The molecule has 0 spiro atoms. The van der Waals surface area contributed by atoms with Crippen molar-refractivity contribution in [3.63, 3.8) is 0 Å². The third kappa shape index (κ3) is 6.35. The van der Waals surface area contributed by atoms with Gasteiger partial charge in [0.25, 0.3) is 0 Å². The first-order valence-electron chi connectivity index (χ1n) is 11.6. The quantitative estimate of drug-likeness (QED) is 0.438. The lowest BCUT2D eigenvalue weighted by Gasteiger charge is -2.22. The fourth-order valence-corrected chi connectivity index (χ4v) is 4.37. The lowest BCUT2D eigenvalue weighted by Crippen LogP contribution is -2.50. The zero-order valence-electron chi connectivity index (χ0n) is 19.6. The van der Waals surface area contributed by atoms with E-state index in [9.17, 15) is 14.4 Å². The number of amides is 2. The van der Waals surface area contributed by atoms with Gasteiger partial charge in [0.15, 0.2) is 0 Å². The summed E-state index contributed by atoms with van der Waals surface area (Å²) in [6.07, 6.45) is 0.601. The smallest absolute Gasteiger partial charge is 0.407 e. The minimum atomic E-state index is -0.989. The average molecular weight is 469 g/mol. The van der Waals surface area contributed by atoms with Gasteiger partial charge in [0.2, 0.25) is 5.91 Å². The molecular weight excluding hydrogens is 436 g/mol. The molecule has 0 saturated carbocycles. The van der Waals surface area contributed by atoms with Crippen molar-refractivity contribution in [1.29, 1.82) is 0 Å². The summed E-state index contributed by atoms with van der Waals surface area (Å²) in [5.41, 5.74) is 4.46. The van der Waals surface area contributed by atoms with E-state index in [0.29, 0.717) is 6.42 Å². The number of methoxy groups -OCH3 is 1. The monoisotopic (exact) mass is 468 g/mol. The van der Waals surface area contributed by atoms with Crippen molar-refractivity contribution >= 4 is 18.0 Å². The highest BCUT2D eigenvalue weighted by Crippen LogP contribution is 2.44. The molecule has 0 fully saturated rings. The van der Waals surface area contributed by atoms with Crippen LogP contribution in [-0.2, 0) is 19.1 Å². The van der Waals surface area contributed by atoms with Crippen LogP contribution in [0.2, 0.25) is 0 Å². The Bertz CT molecular complexity index is 963. The van der Waals surface area contributed by atoms with Crippen molar-refractivity contribution in [2.24, 2.45) is 0 Å². The summed E-state index contributed by atoms with van der Waals surface area (Å²) in [4.78, 5) is 36.6. The highest BCUT2D eigenvalue weighted by atomic mass is 16.5. The summed E-state index contributed by atoms with van der Waals surface area (Å²) in [6.45, 7) is 2.30. The molecule has 182 valence electrons. The predicted molar refractivity (Wildman–Crippen MR) is 128 cm³/mol. The van der Waals surface area contributed by atoms with E-state index in [0.717, 1.165) is 28.7 Å². The highest BCUT2D eigenvalue weighted by Gasteiger charge is 2.30. The van der Waals surface area contributed by atoms with Crippen LogP contribution in [0.15, 0.2) is 48.5 Å². The van der Waals surface area contributed by atoms with Crippen LogP contribution in [0.3, 0.4) is 0 Å². The van der Waals surface area contributed by atoms with Crippen LogP contribution < -0.4 is 10.6 Å². The van der Waals surface area contributed by atoms with E-state index in [1.807, 2.05) is 43.3 Å². The molecule has 2 atom stereocenters. The molecule has 0 heterocycles. The van der Waals surface area contributed by atoms with Crippen LogP contribution in [0.25, 0.3) is 11.1 Å². The maximum absolute atomic E-state index is 12.8. The van der Waals surface area contributed by atoms with E-state index in [1.54, 1.807) is 0 Å². The number of nitrogens with one attached hydrogen (secondary N) is 2. The van der Waals surface area contributed by atoms with Gasteiger partial charge in [0.05, 0.1) is 6.42 Å². The minimum absolute atomic E-state index is 0.0890. The van der Waals surface area contributed by atoms with Crippen LogP contribution >= 0.6 is 0 Å². The van der Waals surface area contributed by atoms with Crippen molar-refractivity contribution in [1.82, 2.24) is 10.6 Å². The van der Waals surface area contributed by atoms with Crippen LogP contribution in [0.5, 0.6) is 0 Å². The maximum Gasteiger partial charge on any atom is 0.407 e. The summed E-state index contributed by atoms with van der Waals surface area (Å²) in [7, 11) is 1.51. The standard InChI is InChI=1S/C26H32N2O6/c1-3-8-17(15-24(29)30)27-25(31)23(13-14-33-2)28-26(32)34-16-22-20-11-6-4-9-18(20)19-10-5-7-12-21(19)22/h4-7,9-12,17,22-23H,3,8,13-16H2,1-2H3,(H,27,31)(H,28,32)(H,29,30). The number of ether oxygens (including phenoxy) is 2. The number of benzene rings is 2. The Morgan fingerprint density at radius 2 is 1.59 bits per heavy atom. The number of carbonyl (C=O) groups excluding carboxylic acids is 2. The van der Waals surface area contributed by atoms with Crippen molar-refractivity contribution in [3.8, 4) is 11.1 Å². The van der Waals surface area contributed by atoms with Gasteiger partial charge >= 0.3 is 12.1 Å². The first kappa shape index (κ1) is 25.2. The fourth-order valence-electron chi connectivity index (χ4n) is 4.37. The molecule has 8 heteroatoms. The van der Waals surface area contributed by atoms with Crippen LogP contribution in [-0.4, -0.2) is 55.5 Å². The zero-order valence-corrected chi connectivity index (χ0v) is 19.6. The fraction of sp³-hybridized carbons (Fsp3) is 0.423. The Labute approximate surface area is 199 Å². The number of hydrogen-bond donors (Lipinski definition) is 3. The summed E-state index contributed by atoms with van der Waals surface area (Å²) in [5, 5.41) is 14.5. The van der Waals surface area contributed by atoms with E-state index < -0.39 is 30.1 Å². The third-order valence-electron chi connectivity index (χ3n) is 5.97. The second-order valence-corrected chi connectivity index (χ2v) is 8.40. The summed E-state index contributed by atoms with van der Waals surface area (Å²) < 4.78 is 10.6. The molecule has 1 aliphatic rings. The van der Waals surface area contributed by atoms with Gasteiger partial charge in [-0.05, 0) is 28.7 Å². The maximum atomic E-state index is 12.8. The van der Waals surface area contributed by atoms with E-state index in [-0.39, 0.29) is 32.0 Å². The van der Waals surface area contributed by atoms with Gasteiger partial charge in [-0.25, -0.2) is 4.79 Å².